The van der Waals surface area contributed by atoms with E-state index in [-0.39, 0.29) is 5.97 Å². The first kappa shape index (κ1) is 11.1. The number of nitrogens with two attached hydrogens (primary N) is 1. The molecule has 1 aromatic heterocycles. The second-order valence-corrected chi connectivity index (χ2v) is 4.75. The fraction of sp³-hybridized carbons (Fsp3) is 0.357. The third kappa shape index (κ3) is 1.83. The quantitative estimate of drug-likeness (QED) is 0.644. The van der Waals surface area contributed by atoms with Crippen molar-refractivity contribution in [2.75, 3.05) is 12.3 Å². The molecule has 3 N–H and O–H groups in total. The van der Waals surface area contributed by atoms with Crippen LogP contribution >= 0.6 is 0 Å². The van der Waals surface area contributed by atoms with Crippen LogP contribution in [0.4, 0.5) is 5.69 Å². The summed E-state index contributed by atoms with van der Waals surface area (Å²) in [6, 6.07) is 5.83. The number of nitrogen functional groups attached to an aromatic ring is 1. The topological polar surface area (TPSA) is 68.1 Å². The Morgan fingerprint density at radius 3 is 2.89 bits per heavy atom. The highest BCUT2D eigenvalue weighted by Gasteiger charge is 2.26. The smallest absolute Gasteiger partial charge is 0.354 e. The van der Waals surface area contributed by atoms with Crippen molar-refractivity contribution >= 4 is 22.6 Å². The summed E-state index contributed by atoms with van der Waals surface area (Å²) in [7, 11) is 0. The second-order valence-electron chi connectivity index (χ2n) is 4.75. The van der Waals surface area contributed by atoms with Crippen LogP contribution in [0, 0.1) is 0 Å². The van der Waals surface area contributed by atoms with Gasteiger partial charge in [-0.1, -0.05) is 0 Å². The van der Waals surface area contributed by atoms with Crippen LogP contribution < -0.4 is 5.73 Å². The molecule has 0 saturated heterocycles. The normalized spacial score (nSPS) is 14.9. The lowest BCUT2D eigenvalue weighted by Gasteiger charge is -2.03. The highest BCUT2D eigenvalue weighted by atomic mass is 16.5. The number of aromatic amines is 1. The van der Waals surface area contributed by atoms with Gasteiger partial charge in [0.25, 0.3) is 0 Å². The van der Waals surface area contributed by atoms with Crippen molar-refractivity contribution in [1.82, 2.24) is 4.98 Å². The van der Waals surface area contributed by atoms with Gasteiger partial charge >= 0.3 is 5.97 Å². The van der Waals surface area contributed by atoms with E-state index in [0.29, 0.717) is 18.2 Å². The molecule has 1 heterocycles. The maximum Gasteiger partial charge on any atom is 0.354 e. The van der Waals surface area contributed by atoms with Gasteiger partial charge in [-0.05, 0) is 49.4 Å². The van der Waals surface area contributed by atoms with Crippen LogP contribution in [0.25, 0.3) is 10.9 Å². The number of benzene rings is 1. The zero-order valence-corrected chi connectivity index (χ0v) is 10.3. The Kier molecular flexibility index (Phi) is 2.51. The lowest BCUT2D eigenvalue weighted by atomic mass is 10.1. The minimum Gasteiger partial charge on any atom is -0.461 e. The molecule has 0 atom stereocenters. The van der Waals surface area contributed by atoms with Crippen LogP contribution in [-0.4, -0.2) is 17.6 Å². The predicted molar refractivity (Wildman–Crippen MR) is 70.6 cm³/mol. The summed E-state index contributed by atoms with van der Waals surface area (Å²) in [5, 5.41) is 1.02. The van der Waals surface area contributed by atoms with Crippen molar-refractivity contribution < 1.29 is 9.53 Å². The van der Waals surface area contributed by atoms with Gasteiger partial charge in [-0.2, -0.15) is 0 Å². The molecular formula is C14H16N2O2. The molecule has 1 aromatic carbocycles. The number of esters is 1. The van der Waals surface area contributed by atoms with Gasteiger partial charge in [0.15, 0.2) is 0 Å². The second kappa shape index (κ2) is 4.05. The lowest BCUT2D eigenvalue weighted by molar-refractivity contribution is 0.0520. The largest absolute Gasteiger partial charge is 0.461 e. The Morgan fingerprint density at radius 2 is 2.22 bits per heavy atom. The Hall–Kier alpha value is -1.97. The van der Waals surface area contributed by atoms with E-state index in [1.807, 2.05) is 12.1 Å². The lowest BCUT2D eigenvalue weighted by Crippen LogP contribution is -2.04. The van der Waals surface area contributed by atoms with Gasteiger partial charge in [-0.3, -0.25) is 0 Å². The number of fused-ring (bicyclic) bond motifs is 1. The van der Waals surface area contributed by atoms with Gasteiger partial charge in [0.1, 0.15) is 5.69 Å². The molecule has 1 saturated carbocycles. The SMILES string of the molecule is CCOC(=O)c1cc2cc(C3CC3)c(N)cc2[nH]1. The molecule has 18 heavy (non-hydrogen) atoms. The van der Waals surface area contributed by atoms with E-state index in [4.69, 9.17) is 10.5 Å². The van der Waals surface area contributed by atoms with Crippen LogP contribution in [0.3, 0.4) is 0 Å². The van der Waals surface area contributed by atoms with E-state index in [1.165, 1.54) is 18.4 Å². The molecule has 1 fully saturated rings. The number of hydrogen-bond donors (Lipinski definition) is 2. The monoisotopic (exact) mass is 244 g/mol. The summed E-state index contributed by atoms with van der Waals surface area (Å²) >= 11 is 0. The standard InChI is InChI=1S/C14H16N2O2/c1-2-18-14(17)13-6-9-5-10(8-3-4-8)11(15)7-12(9)16-13/h5-8,16H,2-4,15H2,1H3. The fourth-order valence-electron chi connectivity index (χ4n) is 2.28. The Balaban J connectivity index is 2.03. The van der Waals surface area contributed by atoms with Crippen molar-refractivity contribution in [2.45, 2.75) is 25.7 Å². The molecule has 0 unspecified atom stereocenters. The van der Waals surface area contributed by atoms with Gasteiger partial charge in [0.2, 0.25) is 0 Å². The average molecular weight is 244 g/mol. The molecule has 2 aromatic rings. The van der Waals surface area contributed by atoms with Crippen LogP contribution in [-0.2, 0) is 4.74 Å². The van der Waals surface area contributed by atoms with Crippen molar-refractivity contribution in [3.63, 3.8) is 0 Å². The molecule has 3 rings (SSSR count). The minimum absolute atomic E-state index is 0.319. The molecule has 0 amide bonds. The number of nitrogens with one attached hydrogen (secondary N) is 1. The summed E-state index contributed by atoms with van der Waals surface area (Å²) in [4.78, 5) is 14.7. The summed E-state index contributed by atoms with van der Waals surface area (Å²) in [6.07, 6.45) is 2.43. The average Bonchev–Trinajstić information content (AvgIpc) is 3.09. The van der Waals surface area contributed by atoms with Crippen molar-refractivity contribution in [1.29, 1.82) is 0 Å². The number of carbonyl (C=O) groups is 1. The molecule has 0 spiro atoms. The van der Waals surface area contributed by atoms with Gasteiger partial charge in [0.05, 0.1) is 6.61 Å². The maximum atomic E-state index is 11.6. The number of ether oxygens (including phenoxy) is 1. The summed E-state index contributed by atoms with van der Waals surface area (Å²) in [5.74, 6) is 0.288. The molecule has 0 aliphatic heterocycles. The third-order valence-corrected chi connectivity index (χ3v) is 3.34. The molecule has 1 aliphatic rings. The predicted octanol–water partition coefficient (Wildman–Crippen LogP) is 2.80. The number of anilines is 1. The van der Waals surface area contributed by atoms with Crippen molar-refractivity contribution in [3.05, 3.63) is 29.5 Å². The van der Waals surface area contributed by atoms with E-state index in [1.54, 1.807) is 6.92 Å². The van der Waals surface area contributed by atoms with Gasteiger partial charge in [-0.25, -0.2) is 4.79 Å². The number of hydrogen-bond acceptors (Lipinski definition) is 3. The zero-order valence-electron chi connectivity index (χ0n) is 10.3. The van der Waals surface area contributed by atoms with Crippen LogP contribution in [0.1, 0.15) is 41.7 Å². The molecular weight excluding hydrogens is 228 g/mol. The fourth-order valence-corrected chi connectivity index (χ4v) is 2.28. The number of rotatable bonds is 3. The number of carbonyl (C=O) groups excluding carboxylic acids is 1. The highest BCUT2D eigenvalue weighted by molar-refractivity contribution is 5.96. The van der Waals surface area contributed by atoms with Gasteiger partial charge in [-0.15, -0.1) is 0 Å². The van der Waals surface area contributed by atoms with Crippen molar-refractivity contribution in [3.8, 4) is 0 Å². The zero-order chi connectivity index (χ0) is 12.7. The van der Waals surface area contributed by atoms with Crippen LogP contribution in [0.15, 0.2) is 18.2 Å². The van der Waals surface area contributed by atoms with E-state index < -0.39 is 0 Å². The number of aromatic nitrogens is 1. The Bertz CT molecular complexity index is 612. The van der Waals surface area contributed by atoms with E-state index >= 15 is 0 Å². The number of H-pyrrole nitrogens is 1. The molecule has 4 heteroatoms. The summed E-state index contributed by atoms with van der Waals surface area (Å²) < 4.78 is 4.98. The van der Waals surface area contributed by atoms with Crippen LogP contribution in [0.5, 0.6) is 0 Å². The van der Waals surface area contributed by atoms with Gasteiger partial charge < -0.3 is 15.5 Å². The van der Waals surface area contributed by atoms with Crippen molar-refractivity contribution in [2.24, 2.45) is 0 Å². The van der Waals surface area contributed by atoms with E-state index in [9.17, 15) is 4.79 Å². The first-order valence-corrected chi connectivity index (χ1v) is 6.28. The highest BCUT2D eigenvalue weighted by Crippen LogP contribution is 2.43. The minimum atomic E-state index is -0.319. The Morgan fingerprint density at radius 1 is 1.44 bits per heavy atom. The van der Waals surface area contributed by atoms with Gasteiger partial charge in [0, 0.05) is 16.6 Å². The molecule has 0 bridgehead atoms. The molecule has 4 nitrogen and oxygen atoms in total. The van der Waals surface area contributed by atoms with E-state index in [0.717, 1.165) is 16.6 Å². The van der Waals surface area contributed by atoms with E-state index in [2.05, 4.69) is 11.1 Å². The molecule has 1 aliphatic carbocycles. The molecule has 0 radical (unpaired) electrons. The first-order chi connectivity index (χ1) is 8.69. The summed E-state index contributed by atoms with van der Waals surface area (Å²) in [5.41, 5.74) is 9.42. The Labute approximate surface area is 105 Å². The molecule has 94 valence electrons. The maximum absolute atomic E-state index is 11.6. The first-order valence-electron chi connectivity index (χ1n) is 6.28. The third-order valence-electron chi connectivity index (χ3n) is 3.34. The summed E-state index contributed by atoms with van der Waals surface area (Å²) in [6.45, 7) is 2.17. The van der Waals surface area contributed by atoms with Crippen LogP contribution in [0.2, 0.25) is 0 Å².